The lowest BCUT2D eigenvalue weighted by atomic mass is 10.2. The van der Waals surface area contributed by atoms with Crippen molar-refractivity contribution in [2.24, 2.45) is 0 Å². The first kappa shape index (κ1) is 20.8. The molecule has 0 aliphatic heterocycles. The van der Waals surface area contributed by atoms with Gasteiger partial charge in [-0.3, -0.25) is 9.19 Å². The van der Waals surface area contributed by atoms with Crippen LogP contribution in [0.3, 0.4) is 0 Å². The number of aromatic nitrogens is 3. The molecule has 1 atom stereocenters. The van der Waals surface area contributed by atoms with Crippen LogP contribution in [-0.2, 0) is 21.3 Å². The average molecular weight is 384 g/mol. The van der Waals surface area contributed by atoms with Crippen LogP contribution in [0.4, 0.5) is 0 Å². The largest absolute Gasteiger partial charge is 0.493 e. The lowest BCUT2D eigenvalue weighted by Crippen LogP contribution is -2.06. The van der Waals surface area contributed by atoms with Crippen LogP contribution in [0.1, 0.15) is 17.7 Å². The second kappa shape index (κ2) is 10.0. The van der Waals surface area contributed by atoms with E-state index >= 15 is 0 Å². The molecule has 1 unspecified atom stereocenters. The molecular formula is C18H21MgN3O3S. The first-order chi connectivity index (χ1) is 12.2. The summed E-state index contributed by atoms with van der Waals surface area (Å²) in [5.41, 5.74) is 3.35. The molecule has 2 radical (unpaired) electrons. The average Bonchev–Trinajstić information content (AvgIpc) is 3.06. The number of imidazole rings is 1. The van der Waals surface area contributed by atoms with Gasteiger partial charge in [0.15, 0.2) is 5.16 Å². The monoisotopic (exact) mass is 383 g/mol. The van der Waals surface area contributed by atoms with Gasteiger partial charge in [-0.1, -0.05) is 12.1 Å². The highest BCUT2D eigenvalue weighted by Gasteiger charge is 2.14. The summed E-state index contributed by atoms with van der Waals surface area (Å²) in [6.07, 6.45) is 2.50. The van der Waals surface area contributed by atoms with Crippen LogP contribution in [0.5, 0.6) is 5.75 Å². The summed E-state index contributed by atoms with van der Waals surface area (Å²) in [7, 11) is 0.371. The third-order valence-electron chi connectivity index (χ3n) is 3.86. The van der Waals surface area contributed by atoms with E-state index in [-0.39, 0.29) is 23.1 Å². The minimum atomic E-state index is -1.30. The number of ether oxygens (including phenoxy) is 2. The lowest BCUT2D eigenvalue weighted by molar-refractivity contribution is 0.172. The number of aromatic amines is 1. The molecular weight excluding hydrogens is 363 g/mol. The Morgan fingerprint density at radius 2 is 2.00 bits per heavy atom. The fourth-order valence-electron chi connectivity index (χ4n) is 2.48. The Hall–Kier alpha value is -1.48. The molecule has 8 heteroatoms. The van der Waals surface area contributed by atoms with Crippen LogP contribution >= 0.6 is 0 Å². The zero-order valence-corrected chi connectivity index (χ0v) is 17.3. The molecule has 3 aromatic rings. The molecule has 0 saturated carbocycles. The summed E-state index contributed by atoms with van der Waals surface area (Å²) in [6, 6.07) is 9.47. The molecule has 0 aliphatic carbocycles. The second-order valence-electron chi connectivity index (χ2n) is 5.62. The van der Waals surface area contributed by atoms with E-state index in [0.717, 1.165) is 34.5 Å². The molecule has 6 nitrogen and oxygen atoms in total. The number of fused-ring (bicyclic) bond motifs is 1. The van der Waals surface area contributed by atoms with Crippen LogP contribution in [0.15, 0.2) is 41.7 Å². The molecule has 1 N–H and O–H groups in total. The molecule has 0 spiro atoms. The van der Waals surface area contributed by atoms with Crippen molar-refractivity contribution in [3.8, 4) is 5.75 Å². The molecule has 3 rings (SSSR count). The van der Waals surface area contributed by atoms with Crippen molar-refractivity contribution in [3.63, 3.8) is 0 Å². The van der Waals surface area contributed by atoms with Crippen LogP contribution in [-0.4, -0.2) is 62.5 Å². The van der Waals surface area contributed by atoms with Crippen molar-refractivity contribution in [1.29, 1.82) is 0 Å². The van der Waals surface area contributed by atoms with Crippen molar-refractivity contribution in [1.82, 2.24) is 15.0 Å². The fourth-order valence-corrected chi connectivity index (χ4v) is 3.58. The van der Waals surface area contributed by atoms with E-state index in [9.17, 15) is 4.21 Å². The van der Waals surface area contributed by atoms with Crippen LogP contribution in [0.2, 0.25) is 0 Å². The molecule has 0 amide bonds. The summed E-state index contributed by atoms with van der Waals surface area (Å²) in [4.78, 5) is 11.9. The van der Waals surface area contributed by atoms with Gasteiger partial charge in [0.2, 0.25) is 0 Å². The molecule has 0 aliphatic rings. The van der Waals surface area contributed by atoms with Gasteiger partial charge in [-0.25, -0.2) is 4.98 Å². The summed E-state index contributed by atoms with van der Waals surface area (Å²) >= 11 is 0. The van der Waals surface area contributed by atoms with Crippen molar-refractivity contribution in [2.75, 3.05) is 20.3 Å². The number of benzene rings is 1. The fraction of sp³-hybridized carbons (Fsp3) is 0.333. The molecule has 0 saturated heterocycles. The minimum absolute atomic E-state index is 0. The quantitative estimate of drug-likeness (QED) is 0.478. The number of hydrogen-bond donors (Lipinski definition) is 1. The van der Waals surface area contributed by atoms with E-state index < -0.39 is 10.8 Å². The van der Waals surface area contributed by atoms with Gasteiger partial charge in [-0.2, -0.15) is 0 Å². The number of hydrogen-bond acceptors (Lipinski definition) is 5. The number of nitrogens with zero attached hydrogens (tertiary/aromatic N) is 2. The maximum absolute atomic E-state index is 12.7. The smallest absolute Gasteiger partial charge is 0.197 e. The van der Waals surface area contributed by atoms with Crippen molar-refractivity contribution in [3.05, 3.63) is 47.8 Å². The van der Waals surface area contributed by atoms with Gasteiger partial charge in [0.05, 0.1) is 39.9 Å². The molecule has 134 valence electrons. The van der Waals surface area contributed by atoms with Gasteiger partial charge >= 0.3 is 0 Å². The Morgan fingerprint density at radius 3 is 2.77 bits per heavy atom. The Bertz CT molecular complexity index is 852. The highest BCUT2D eigenvalue weighted by Crippen LogP contribution is 2.22. The maximum atomic E-state index is 12.7. The first-order valence-electron chi connectivity index (χ1n) is 8.08. The highest BCUT2D eigenvalue weighted by molar-refractivity contribution is 7.84. The van der Waals surface area contributed by atoms with Gasteiger partial charge in [-0.05, 0) is 25.1 Å². The van der Waals surface area contributed by atoms with Crippen molar-refractivity contribution < 1.29 is 13.7 Å². The molecule has 2 heterocycles. The number of H-pyrrole nitrogens is 1. The zero-order valence-electron chi connectivity index (χ0n) is 15.0. The first-order valence-corrected chi connectivity index (χ1v) is 9.40. The standard InChI is InChI=1S/C18H21N3O3S.Mg/c1-13-16(19-9-8-17(13)24-11-5-10-23-2)12-25(22)18-20-14-6-3-4-7-15(14)21-18;/h3-4,6-9H,5,10-12H2,1-2H3,(H,20,21);. The third-order valence-corrected chi connectivity index (χ3v) is 5.02. The lowest BCUT2D eigenvalue weighted by Gasteiger charge is -2.11. The van der Waals surface area contributed by atoms with Gasteiger partial charge in [-0.15, -0.1) is 0 Å². The summed E-state index contributed by atoms with van der Waals surface area (Å²) in [6.45, 7) is 3.17. The number of pyridine rings is 1. The number of rotatable bonds is 8. The van der Waals surface area contributed by atoms with E-state index in [1.807, 2.05) is 37.3 Å². The van der Waals surface area contributed by atoms with Gasteiger partial charge in [0, 0.05) is 55.0 Å². The molecule has 0 bridgehead atoms. The Kier molecular flexibility index (Phi) is 8.01. The predicted molar refractivity (Wildman–Crippen MR) is 103 cm³/mol. The molecule has 1 aromatic carbocycles. The highest BCUT2D eigenvalue weighted by atomic mass is 32.2. The van der Waals surface area contributed by atoms with Crippen molar-refractivity contribution in [2.45, 2.75) is 24.3 Å². The van der Waals surface area contributed by atoms with Gasteiger partial charge in [0.25, 0.3) is 0 Å². The van der Waals surface area contributed by atoms with Crippen LogP contribution < -0.4 is 4.74 Å². The summed E-state index contributed by atoms with van der Waals surface area (Å²) < 4.78 is 23.5. The van der Waals surface area contributed by atoms with E-state index in [0.29, 0.717) is 24.1 Å². The summed E-state index contributed by atoms with van der Waals surface area (Å²) in [5.74, 6) is 1.06. The third kappa shape index (κ3) is 5.03. The zero-order chi connectivity index (χ0) is 17.6. The molecule has 0 fully saturated rings. The summed E-state index contributed by atoms with van der Waals surface area (Å²) in [5, 5.41) is 0.466. The topological polar surface area (TPSA) is 77.1 Å². The minimum Gasteiger partial charge on any atom is -0.493 e. The van der Waals surface area contributed by atoms with E-state index in [2.05, 4.69) is 15.0 Å². The van der Waals surface area contributed by atoms with Crippen molar-refractivity contribution >= 4 is 44.9 Å². The van der Waals surface area contributed by atoms with Crippen LogP contribution in [0, 0.1) is 6.92 Å². The van der Waals surface area contributed by atoms with E-state index in [1.165, 1.54) is 0 Å². The number of para-hydroxylation sites is 2. The Morgan fingerprint density at radius 1 is 1.19 bits per heavy atom. The Balaban J connectivity index is 0.00000243. The maximum Gasteiger partial charge on any atom is 0.197 e. The van der Waals surface area contributed by atoms with E-state index in [1.54, 1.807) is 13.3 Å². The van der Waals surface area contributed by atoms with Gasteiger partial charge in [0.1, 0.15) is 5.75 Å². The van der Waals surface area contributed by atoms with Gasteiger partial charge < -0.3 is 14.5 Å². The Labute approximate surface area is 171 Å². The molecule has 2 aromatic heterocycles. The normalized spacial score (nSPS) is 11.9. The SMILES string of the molecule is COCCCOc1ccnc(CS(=O)c2nc3ccccc3[nH]2)c1C.[Mg]. The van der Waals surface area contributed by atoms with E-state index in [4.69, 9.17) is 9.47 Å². The number of methoxy groups -OCH3 is 1. The number of nitrogens with one attached hydrogen (secondary N) is 1. The second-order valence-corrected chi connectivity index (χ2v) is 6.99. The molecule has 26 heavy (non-hydrogen) atoms. The predicted octanol–water partition coefficient (Wildman–Crippen LogP) is 2.61. The van der Waals surface area contributed by atoms with Crippen LogP contribution in [0.25, 0.3) is 11.0 Å².